The maximum absolute atomic E-state index is 13.7. The molecular weight excluding hydrogens is 420 g/mol. The third-order valence-electron chi connectivity index (χ3n) is 2.78. The highest BCUT2D eigenvalue weighted by Crippen LogP contribution is 2.34. The van der Waals surface area contributed by atoms with Crippen LogP contribution in [0.25, 0.3) is 0 Å². The van der Waals surface area contributed by atoms with Crippen LogP contribution in [0.2, 0.25) is 0 Å². The van der Waals surface area contributed by atoms with Crippen molar-refractivity contribution in [2.45, 2.75) is 4.83 Å². The van der Waals surface area contributed by atoms with Crippen molar-refractivity contribution in [3.05, 3.63) is 76.4 Å². The molecule has 2 rings (SSSR count). The molecule has 0 aliphatic rings. The third-order valence-corrected chi connectivity index (χ3v) is 3.90. The first-order chi connectivity index (χ1) is 10.4. The molecule has 22 heavy (non-hydrogen) atoms. The second-order valence-corrected chi connectivity index (χ2v) is 6.24. The van der Waals surface area contributed by atoms with E-state index in [0.717, 1.165) is 6.08 Å². The van der Waals surface area contributed by atoms with Gasteiger partial charge in [0.15, 0.2) is 5.78 Å². The van der Waals surface area contributed by atoms with Crippen LogP contribution < -0.4 is 5.32 Å². The highest BCUT2D eigenvalue weighted by atomic mass is 79.9. The molecule has 0 fully saturated rings. The summed E-state index contributed by atoms with van der Waals surface area (Å²) in [6.45, 7) is 0. The number of carbonyl (C=O) groups is 1. The van der Waals surface area contributed by atoms with E-state index in [1.165, 1.54) is 0 Å². The lowest BCUT2D eigenvalue weighted by Crippen LogP contribution is -2.19. The Labute approximate surface area is 143 Å². The molecule has 0 saturated heterocycles. The smallest absolute Gasteiger partial charge is 0.341 e. The van der Waals surface area contributed by atoms with Gasteiger partial charge >= 0.3 is 4.83 Å². The zero-order valence-electron chi connectivity index (χ0n) is 11.2. The monoisotopic (exact) mass is 429 g/mol. The number of anilines is 1. The number of halogens is 4. The number of benzene rings is 2. The van der Waals surface area contributed by atoms with Crippen LogP contribution in [0.15, 0.2) is 70.8 Å². The number of para-hydroxylation sites is 1. The number of alkyl halides is 3. The van der Waals surface area contributed by atoms with Crippen LogP contribution in [0.1, 0.15) is 10.4 Å². The average Bonchev–Trinajstić information content (AvgIpc) is 2.48. The Kier molecular flexibility index (Phi) is 5.47. The summed E-state index contributed by atoms with van der Waals surface area (Å²) < 4.78 is 28.0. The van der Waals surface area contributed by atoms with Crippen molar-refractivity contribution in [3.63, 3.8) is 0 Å². The molecule has 0 amide bonds. The van der Waals surface area contributed by atoms with Crippen molar-refractivity contribution in [2.24, 2.45) is 0 Å². The Morgan fingerprint density at radius 2 is 1.64 bits per heavy atom. The first kappa shape index (κ1) is 16.8. The van der Waals surface area contributed by atoms with Gasteiger partial charge < -0.3 is 5.32 Å². The highest BCUT2D eigenvalue weighted by molar-refractivity contribution is 9.10. The van der Waals surface area contributed by atoms with E-state index in [1.54, 1.807) is 54.6 Å². The van der Waals surface area contributed by atoms with Gasteiger partial charge in [0.1, 0.15) is 5.70 Å². The molecule has 0 saturated carbocycles. The van der Waals surface area contributed by atoms with Crippen molar-refractivity contribution in [1.29, 1.82) is 0 Å². The molecule has 0 atom stereocenters. The first-order valence-corrected chi connectivity index (χ1v) is 7.86. The number of rotatable bonds is 5. The van der Waals surface area contributed by atoms with Gasteiger partial charge in [-0.2, -0.15) is 8.78 Å². The highest BCUT2D eigenvalue weighted by Gasteiger charge is 2.31. The Morgan fingerprint density at radius 1 is 1.05 bits per heavy atom. The molecule has 0 aromatic heterocycles. The van der Waals surface area contributed by atoms with Gasteiger partial charge in [0, 0.05) is 16.1 Å². The lowest BCUT2D eigenvalue weighted by molar-refractivity contribution is 0.103. The lowest BCUT2D eigenvalue weighted by atomic mass is 10.1. The van der Waals surface area contributed by atoms with E-state index in [9.17, 15) is 13.6 Å². The number of ketones is 1. The third kappa shape index (κ3) is 4.48. The topological polar surface area (TPSA) is 29.1 Å². The zero-order chi connectivity index (χ0) is 16.2. The van der Waals surface area contributed by atoms with E-state index >= 15 is 0 Å². The van der Waals surface area contributed by atoms with Crippen LogP contribution in [-0.2, 0) is 0 Å². The van der Waals surface area contributed by atoms with Crippen molar-refractivity contribution < 1.29 is 13.6 Å². The summed E-state index contributed by atoms with van der Waals surface area (Å²) in [6.07, 6.45) is 0.892. The largest absolute Gasteiger partial charge is 0.352 e. The maximum Gasteiger partial charge on any atom is 0.341 e. The number of nitrogens with one attached hydrogen (secondary N) is 1. The van der Waals surface area contributed by atoms with Crippen molar-refractivity contribution in [2.75, 3.05) is 5.32 Å². The standard InChI is InChI=1S/C16H11Br2F2NO/c17-12-8-4-5-9-13(12)21-15(16(18,19)20)10-14(22)11-6-2-1-3-7-11/h1-10,21H/b15-10-. The summed E-state index contributed by atoms with van der Waals surface area (Å²) in [5.41, 5.74) is 0.243. The number of hydrogen-bond acceptors (Lipinski definition) is 2. The van der Waals surface area contributed by atoms with E-state index in [2.05, 4.69) is 37.2 Å². The summed E-state index contributed by atoms with van der Waals surface area (Å²) in [5.74, 6) is -0.505. The normalized spacial score (nSPS) is 12.1. The predicted molar refractivity (Wildman–Crippen MR) is 90.5 cm³/mol. The molecule has 0 spiro atoms. The average molecular weight is 431 g/mol. The molecule has 0 aliphatic heterocycles. The molecule has 0 radical (unpaired) electrons. The molecule has 114 valence electrons. The van der Waals surface area contributed by atoms with Crippen molar-refractivity contribution in [1.82, 2.24) is 0 Å². The maximum atomic E-state index is 13.7. The van der Waals surface area contributed by atoms with Crippen LogP contribution >= 0.6 is 31.9 Å². The minimum Gasteiger partial charge on any atom is -0.352 e. The van der Waals surface area contributed by atoms with E-state index in [1.807, 2.05) is 0 Å². The molecule has 0 unspecified atom stereocenters. The Bertz CT molecular complexity index is 697. The van der Waals surface area contributed by atoms with Gasteiger partial charge in [-0.15, -0.1) is 0 Å². The fourth-order valence-corrected chi connectivity index (χ4v) is 2.31. The molecule has 0 heterocycles. The van der Waals surface area contributed by atoms with Crippen LogP contribution in [0.5, 0.6) is 0 Å². The molecule has 0 bridgehead atoms. The predicted octanol–water partition coefficient (Wildman–Crippen LogP) is 5.62. The summed E-state index contributed by atoms with van der Waals surface area (Å²) in [4.78, 5) is 8.74. The fourth-order valence-electron chi connectivity index (χ4n) is 1.71. The number of allylic oxidation sites excluding steroid dienone is 2. The minimum absolute atomic E-state index is 0.339. The summed E-state index contributed by atoms with van der Waals surface area (Å²) in [7, 11) is 0. The Morgan fingerprint density at radius 3 is 2.23 bits per heavy atom. The minimum atomic E-state index is -3.35. The first-order valence-electron chi connectivity index (χ1n) is 6.28. The number of carbonyl (C=O) groups excluding carboxylic acids is 1. The number of hydrogen-bond donors (Lipinski definition) is 1. The van der Waals surface area contributed by atoms with E-state index < -0.39 is 16.3 Å². The van der Waals surface area contributed by atoms with Crippen LogP contribution in [0.3, 0.4) is 0 Å². The van der Waals surface area contributed by atoms with Gasteiger partial charge in [-0.25, -0.2) is 0 Å². The van der Waals surface area contributed by atoms with Crippen molar-refractivity contribution >= 4 is 43.3 Å². The molecule has 1 N–H and O–H groups in total. The zero-order valence-corrected chi connectivity index (χ0v) is 14.4. The van der Waals surface area contributed by atoms with Gasteiger partial charge in [0.2, 0.25) is 0 Å². The molecule has 0 aliphatic carbocycles. The van der Waals surface area contributed by atoms with Crippen LogP contribution in [0, 0.1) is 0 Å². The lowest BCUT2D eigenvalue weighted by Gasteiger charge is -2.16. The quantitative estimate of drug-likeness (QED) is 0.379. The van der Waals surface area contributed by atoms with Gasteiger partial charge in [-0.05, 0) is 44.0 Å². The second kappa shape index (κ2) is 7.15. The molecule has 2 nitrogen and oxygen atoms in total. The van der Waals surface area contributed by atoms with Gasteiger partial charge in [0.05, 0.1) is 5.69 Å². The van der Waals surface area contributed by atoms with Crippen LogP contribution in [0.4, 0.5) is 14.5 Å². The van der Waals surface area contributed by atoms with Crippen molar-refractivity contribution in [3.8, 4) is 0 Å². The second-order valence-electron chi connectivity index (χ2n) is 4.39. The fraction of sp³-hybridized carbons (Fsp3) is 0.0625. The van der Waals surface area contributed by atoms with E-state index in [0.29, 0.717) is 15.7 Å². The van der Waals surface area contributed by atoms with Gasteiger partial charge in [-0.3, -0.25) is 4.79 Å². The summed E-state index contributed by atoms with van der Waals surface area (Å²) >= 11 is 5.56. The Balaban J connectivity index is 2.33. The SMILES string of the molecule is O=C(/C=C(\Nc1ccccc1Br)C(F)(F)Br)c1ccccc1. The van der Waals surface area contributed by atoms with Crippen LogP contribution in [-0.4, -0.2) is 10.6 Å². The van der Waals surface area contributed by atoms with Gasteiger partial charge in [0.25, 0.3) is 0 Å². The molecule has 6 heteroatoms. The molecule has 2 aromatic carbocycles. The molecular formula is C16H11Br2F2NO. The van der Waals surface area contributed by atoms with E-state index in [-0.39, 0.29) is 0 Å². The molecule has 2 aromatic rings. The summed E-state index contributed by atoms with van der Waals surface area (Å²) in [6, 6.07) is 15.1. The van der Waals surface area contributed by atoms with E-state index in [4.69, 9.17) is 0 Å². The Hall–Kier alpha value is -1.53. The summed E-state index contributed by atoms with van der Waals surface area (Å²) in [5, 5.41) is 2.58. The van der Waals surface area contributed by atoms with Gasteiger partial charge in [-0.1, -0.05) is 42.5 Å².